The molecule has 1 saturated heterocycles. The molecule has 0 amide bonds. The van der Waals surface area contributed by atoms with Crippen LogP contribution in [0, 0.1) is 5.92 Å². The molecule has 0 spiro atoms. The van der Waals surface area contributed by atoms with Gasteiger partial charge >= 0.3 is 0 Å². The Kier molecular flexibility index (Phi) is 4.66. The first kappa shape index (κ1) is 12.4. The molecule has 0 bridgehead atoms. The summed E-state index contributed by atoms with van der Waals surface area (Å²) < 4.78 is 0. The topological polar surface area (TPSA) is 15.3 Å². The molecule has 2 aliphatic rings. The largest absolute Gasteiger partial charge is 0.314 e. The number of hydrogen-bond donors (Lipinski definition) is 1. The first-order valence-electron chi connectivity index (χ1n) is 7.19. The van der Waals surface area contributed by atoms with Crippen LogP contribution in [0.5, 0.6) is 0 Å². The van der Waals surface area contributed by atoms with E-state index >= 15 is 0 Å². The number of piperidine rings is 1. The molecule has 2 nitrogen and oxygen atoms in total. The summed E-state index contributed by atoms with van der Waals surface area (Å²) in [4.78, 5) is 2.48. The van der Waals surface area contributed by atoms with Crippen LogP contribution < -0.4 is 5.32 Å². The van der Waals surface area contributed by atoms with E-state index in [0.29, 0.717) is 0 Å². The zero-order valence-corrected chi connectivity index (χ0v) is 11.0. The predicted molar refractivity (Wildman–Crippen MR) is 69.7 cm³/mol. The van der Waals surface area contributed by atoms with E-state index in [0.717, 1.165) is 18.0 Å². The Balaban J connectivity index is 1.65. The highest BCUT2D eigenvalue weighted by Gasteiger charge is 2.23. The summed E-state index contributed by atoms with van der Waals surface area (Å²) in [6.07, 6.45) is 10.0. The second-order valence-electron chi connectivity index (χ2n) is 5.96. The van der Waals surface area contributed by atoms with Gasteiger partial charge in [0.25, 0.3) is 0 Å². The summed E-state index contributed by atoms with van der Waals surface area (Å²) in [6.45, 7) is 4.90. The normalized spacial score (nSPS) is 34.1. The van der Waals surface area contributed by atoms with Crippen molar-refractivity contribution in [1.82, 2.24) is 10.2 Å². The Hall–Kier alpha value is -0.0800. The van der Waals surface area contributed by atoms with Gasteiger partial charge in [-0.2, -0.15) is 0 Å². The zero-order chi connectivity index (χ0) is 11.4. The lowest BCUT2D eigenvalue weighted by atomic mass is 9.88. The lowest BCUT2D eigenvalue weighted by Crippen LogP contribution is -2.46. The van der Waals surface area contributed by atoms with Crippen LogP contribution in [-0.4, -0.2) is 37.1 Å². The minimum Gasteiger partial charge on any atom is -0.314 e. The van der Waals surface area contributed by atoms with Gasteiger partial charge in [0.15, 0.2) is 0 Å². The molecule has 1 aliphatic carbocycles. The average Bonchev–Trinajstić information content (AvgIpc) is 2.32. The third-order valence-corrected chi connectivity index (χ3v) is 4.63. The second kappa shape index (κ2) is 6.02. The number of nitrogens with one attached hydrogen (secondary N) is 1. The molecule has 2 unspecified atom stereocenters. The van der Waals surface area contributed by atoms with E-state index in [1.807, 2.05) is 0 Å². The molecule has 1 N–H and O–H groups in total. The highest BCUT2D eigenvalue weighted by Crippen LogP contribution is 2.23. The highest BCUT2D eigenvalue weighted by atomic mass is 15.1. The van der Waals surface area contributed by atoms with Crippen LogP contribution in [0.3, 0.4) is 0 Å². The predicted octanol–water partition coefficient (Wildman–Crippen LogP) is 2.64. The zero-order valence-electron chi connectivity index (χ0n) is 11.0. The van der Waals surface area contributed by atoms with Gasteiger partial charge in [-0.05, 0) is 58.7 Å². The smallest absolute Gasteiger partial charge is 0.00941 e. The van der Waals surface area contributed by atoms with Crippen LogP contribution in [0.1, 0.15) is 51.9 Å². The van der Waals surface area contributed by atoms with Gasteiger partial charge in [0.05, 0.1) is 0 Å². The molecule has 0 aromatic heterocycles. The van der Waals surface area contributed by atoms with Crippen LogP contribution in [0.2, 0.25) is 0 Å². The van der Waals surface area contributed by atoms with Crippen molar-refractivity contribution in [2.75, 3.05) is 20.1 Å². The molecule has 1 saturated carbocycles. The van der Waals surface area contributed by atoms with Gasteiger partial charge in [-0.25, -0.2) is 0 Å². The van der Waals surface area contributed by atoms with Crippen molar-refractivity contribution >= 4 is 0 Å². The molecule has 1 heterocycles. The summed E-state index contributed by atoms with van der Waals surface area (Å²) in [6, 6.07) is 1.55. The van der Waals surface area contributed by atoms with Crippen molar-refractivity contribution in [3.63, 3.8) is 0 Å². The minimum absolute atomic E-state index is 0.762. The van der Waals surface area contributed by atoms with Crippen molar-refractivity contribution in [1.29, 1.82) is 0 Å². The van der Waals surface area contributed by atoms with Gasteiger partial charge in [0.1, 0.15) is 0 Å². The molecule has 2 atom stereocenters. The van der Waals surface area contributed by atoms with Crippen LogP contribution in [0.15, 0.2) is 0 Å². The molecule has 0 radical (unpaired) electrons. The maximum Gasteiger partial charge on any atom is 0.00941 e. The molecule has 2 heteroatoms. The summed E-state index contributed by atoms with van der Waals surface area (Å²) >= 11 is 0. The SMILES string of the molecule is CC1CC(NCC2CCCCC2)CCN1C. The molecular weight excluding hydrogens is 196 g/mol. The standard InChI is InChI=1S/C14H28N2/c1-12-10-14(8-9-16(12)2)15-11-13-6-4-3-5-7-13/h12-15H,3-11H2,1-2H3. The van der Waals surface area contributed by atoms with Gasteiger partial charge < -0.3 is 10.2 Å². The number of rotatable bonds is 3. The van der Waals surface area contributed by atoms with Gasteiger partial charge in [0, 0.05) is 12.1 Å². The first-order valence-corrected chi connectivity index (χ1v) is 7.19. The van der Waals surface area contributed by atoms with Gasteiger partial charge in [-0.1, -0.05) is 19.3 Å². The highest BCUT2D eigenvalue weighted by molar-refractivity contribution is 4.82. The fourth-order valence-electron chi connectivity index (χ4n) is 3.20. The Morgan fingerprint density at radius 3 is 2.56 bits per heavy atom. The third-order valence-electron chi connectivity index (χ3n) is 4.63. The van der Waals surface area contributed by atoms with Crippen LogP contribution in [0.25, 0.3) is 0 Å². The maximum atomic E-state index is 3.82. The van der Waals surface area contributed by atoms with Crippen LogP contribution in [0.4, 0.5) is 0 Å². The fraction of sp³-hybridized carbons (Fsp3) is 1.00. The minimum atomic E-state index is 0.762. The maximum absolute atomic E-state index is 3.82. The Morgan fingerprint density at radius 1 is 1.12 bits per heavy atom. The summed E-state index contributed by atoms with van der Waals surface area (Å²) in [5.74, 6) is 0.976. The van der Waals surface area contributed by atoms with E-state index in [1.54, 1.807) is 0 Å². The van der Waals surface area contributed by atoms with E-state index in [-0.39, 0.29) is 0 Å². The lowest BCUT2D eigenvalue weighted by molar-refractivity contribution is 0.163. The van der Waals surface area contributed by atoms with E-state index < -0.39 is 0 Å². The lowest BCUT2D eigenvalue weighted by Gasteiger charge is -2.36. The fourth-order valence-corrected chi connectivity index (χ4v) is 3.20. The summed E-state index contributed by atoms with van der Waals surface area (Å²) in [5.41, 5.74) is 0. The van der Waals surface area contributed by atoms with Gasteiger partial charge in [-0.15, -0.1) is 0 Å². The van der Waals surface area contributed by atoms with Crippen molar-refractivity contribution in [3.8, 4) is 0 Å². The van der Waals surface area contributed by atoms with E-state index in [9.17, 15) is 0 Å². The first-order chi connectivity index (χ1) is 7.75. The Labute approximate surface area is 101 Å². The summed E-state index contributed by atoms with van der Waals surface area (Å²) in [7, 11) is 2.25. The van der Waals surface area contributed by atoms with Crippen LogP contribution >= 0.6 is 0 Å². The quantitative estimate of drug-likeness (QED) is 0.793. The van der Waals surface area contributed by atoms with Crippen molar-refractivity contribution in [3.05, 3.63) is 0 Å². The van der Waals surface area contributed by atoms with E-state index in [2.05, 4.69) is 24.2 Å². The Bertz CT molecular complexity index is 199. The third kappa shape index (κ3) is 3.46. The molecular formula is C14H28N2. The van der Waals surface area contributed by atoms with E-state index in [4.69, 9.17) is 0 Å². The monoisotopic (exact) mass is 224 g/mol. The Morgan fingerprint density at radius 2 is 1.88 bits per heavy atom. The number of nitrogens with zero attached hydrogens (tertiary/aromatic N) is 1. The van der Waals surface area contributed by atoms with Gasteiger partial charge in [-0.3, -0.25) is 0 Å². The van der Waals surface area contributed by atoms with E-state index in [1.165, 1.54) is 58.0 Å². The van der Waals surface area contributed by atoms with Crippen LogP contribution in [-0.2, 0) is 0 Å². The molecule has 0 aromatic rings. The molecule has 0 aromatic carbocycles. The molecule has 94 valence electrons. The molecule has 2 rings (SSSR count). The molecule has 1 aliphatic heterocycles. The number of likely N-dealkylation sites (tertiary alicyclic amines) is 1. The second-order valence-corrected chi connectivity index (χ2v) is 5.96. The van der Waals surface area contributed by atoms with Crippen molar-refractivity contribution in [2.24, 2.45) is 5.92 Å². The molecule has 16 heavy (non-hydrogen) atoms. The summed E-state index contributed by atoms with van der Waals surface area (Å²) in [5, 5.41) is 3.82. The van der Waals surface area contributed by atoms with Gasteiger partial charge in [0.2, 0.25) is 0 Å². The van der Waals surface area contributed by atoms with Crippen molar-refractivity contribution in [2.45, 2.75) is 64.0 Å². The van der Waals surface area contributed by atoms with Crippen molar-refractivity contribution < 1.29 is 0 Å². The molecule has 2 fully saturated rings. The number of hydrogen-bond acceptors (Lipinski definition) is 2. The average molecular weight is 224 g/mol.